The highest BCUT2D eigenvalue weighted by molar-refractivity contribution is 5.40. The Morgan fingerprint density at radius 2 is 2.11 bits per heavy atom. The van der Waals surface area contributed by atoms with Crippen molar-refractivity contribution in [3.05, 3.63) is 24.3 Å². The van der Waals surface area contributed by atoms with Gasteiger partial charge in [-0.3, -0.25) is 11.3 Å². The molecule has 5 nitrogen and oxygen atoms in total. The van der Waals surface area contributed by atoms with E-state index in [4.69, 9.17) is 20.1 Å². The van der Waals surface area contributed by atoms with Crippen LogP contribution in [0.3, 0.4) is 0 Å². The van der Waals surface area contributed by atoms with Crippen LogP contribution in [0.25, 0.3) is 0 Å². The third-order valence-electron chi connectivity index (χ3n) is 2.80. The lowest BCUT2D eigenvalue weighted by molar-refractivity contribution is 0.00222. The molecular weight excluding hydrogens is 232 g/mol. The fraction of sp³-hybridized carbons (Fsp3) is 0.538. The molecule has 3 N–H and O–H groups in total. The number of hydrogen-bond acceptors (Lipinski definition) is 5. The smallest absolute Gasteiger partial charge is 0.161 e. The predicted octanol–water partition coefficient (Wildman–Crippen LogP) is 1.08. The maximum atomic E-state index is 5.87. The van der Waals surface area contributed by atoms with Crippen LogP contribution in [-0.4, -0.2) is 31.5 Å². The number of nitrogens with two attached hydrogens (primary N) is 1. The first-order valence-corrected chi connectivity index (χ1v) is 6.17. The van der Waals surface area contributed by atoms with Crippen LogP contribution in [0.2, 0.25) is 0 Å². The minimum absolute atomic E-state index is 0.0965. The van der Waals surface area contributed by atoms with Gasteiger partial charge < -0.3 is 14.2 Å². The molecule has 100 valence electrons. The average Bonchev–Trinajstić information content (AvgIpc) is 2.39. The van der Waals surface area contributed by atoms with E-state index in [1.165, 1.54) is 0 Å². The Labute approximate surface area is 107 Å². The number of nitrogens with one attached hydrogen (secondary N) is 1. The van der Waals surface area contributed by atoms with Crippen LogP contribution in [0.4, 0.5) is 0 Å². The maximum absolute atomic E-state index is 5.87. The molecule has 0 saturated heterocycles. The normalized spacial score (nSPS) is 19.9. The molecule has 18 heavy (non-hydrogen) atoms. The Balaban J connectivity index is 1.98. The van der Waals surface area contributed by atoms with Gasteiger partial charge >= 0.3 is 0 Å². The molecule has 1 heterocycles. The van der Waals surface area contributed by atoms with Crippen LogP contribution in [0.1, 0.15) is 13.8 Å². The molecule has 1 aliphatic rings. The summed E-state index contributed by atoms with van der Waals surface area (Å²) in [4.78, 5) is 0. The monoisotopic (exact) mass is 252 g/mol. The molecule has 1 aliphatic heterocycles. The number of hydrogen-bond donors (Lipinski definition) is 2. The van der Waals surface area contributed by atoms with Crippen molar-refractivity contribution in [2.24, 2.45) is 5.84 Å². The van der Waals surface area contributed by atoms with E-state index in [1.807, 2.05) is 38.1 Å². The largest absolute Gasteiger partial charge is 0.486 e. The highest BCUT2D eigenvalue weighted by Gasteiger charge is 2.28. The Bertz CT molecular complexity index is 384. The molecule has 0 spiro atoms. The molecule has 2 unspecified atom stereocenters. The van der Waals surface area contributed by atoms with Gasteiger partial charge in [0.15, 0.2) is 17.6 Å². The van der Waals surface area contributed by atoms with Gasteiger partial charge in [-0.2, -0.15) is 0 Å². The summed E-state index contributed by atoms with van der Waals surface area (Å²) in [6, 6.07) is 7.52. The van der Waals surface area contributed by atoms with Gasteiger partial charge in [-0.1, -0.05) is 12.1 Å². The van der Waals surface area contributed by atoms with Crippen molar-refractivity contribution in [1.29, 1.82) is 0 Å². The predicted molar refractivity (Wildman–Crippen MR) is 68.6 cm³/mol. The Morgan fingerprint density at radius 1 is 1.39 bits per heavy atom. The van der Waals surface area contributed by atoms with E-state index in [9.17, 15) is 0 Å². The third kappa shape index (κ3) is 3.13. The molecule has 0 saturated carbocycles. The molecule has 0 aliphatic carbocycles. The van der Waals surface area contributed by atoms with Crippen molar-refractivity contribution < 1.29 is 14.2 Å². The average molecular weight is 252 g/mol. The molecule has 2 atom stereocenters. The zero-order valence-corrected chi connectivity index (χ0v) is 10.8. The number of rotatable bonds is 5. The summed E-state index contributed by atoms with van der Waals surface area (Å²) in [5.41, 5.74) is 2.73. The van der Waals surface area contributed by atoms with Crippen LogP contribution in [-0.2, 0) is 4.74 Å². The molecule has 0 fully saturated rings. The van der Waals surface area contributed by atoms with Crippen molar-refractivity contribution >= 4 is 0 Å². The van der Waals surface area contributed by atoms with Gasteiger partial charge in [-0.25, -0.2) is 0 Å². The van der Waals surface area contributed by atoms with Crippen LogP contribution in [0.15, 0.2) is 24.3 Å². The molecule has 0 bridgehead atoms. The lowest BCUT2D eigenvalue weighted by Crippen LogP contribution is -2.53. The molecule has 2 rings (SSSR count). The first-order valence-electron chi connectivity index (χ1n) is 6.17. The zero-order chi connectivity index (χ0) is 13.0. The molecule has 5 heteroatoms. The second-order valence-corrected chi connectivity index (χ2v) is 4.57. The van der Waals surface area contributed by atoms with Gasteiger partial charge in [0.2, 0.25) is 0 Å². The molecule has 0 aromatic heterocycles. The van der Waals surface area contributed by atoms with Crippen molar-refractivity contribution in [2.75, 3.05) is 13.2 Å². The highest BCUT2D eigenvalue weighted by atomic mass is 16.6. The number of fused-ring (bicyclic) bond motifs is 1. The summed E-state index contributed by atoms with van der Waals surface area (Å²) >= 11 is 0. The molecule has 0 amide bonds. The van der Waals surface area contributed by atoms with Gasteiger partial charge in [0, 0.05) is 0 Å². The van der Waals surface area contributed by atoms with Gasteiger partial charge in [0.05, 0.1) is 18.8 Å². The van der Waals surface area contributed by atoms with Gasteiger partial charge in [-0.15, -0.1) is 0 Å². The lowest BCUT2D eigenvalue weighted by Gasteiger charge is -2.32. The first-order chi connectivity index (χ1) is 8.70. The number of ether oxygens (including phenoxy) is 3. The maximum Gasteiger partial charge on any atom is 0.161 e. The van der Waals surface area contributed by atoms with Crippen molar-refractivity contribution in [3.8, 4) is 11.5 Å². The van der Waals surface area contributed by atoms with Gasteiger partial charge in [0.1, 0.15) is 6.61 Å². The third-order valence-corrected chi connectivity index (χ3v) is 2.80. The summed E-state index contributed by atoms with van der Waals surface area (Å²) in [5, 5.41) is 0. The second kappa shape index (κ2) is 6.04. The Kier molecular flexibility index (Phi) is 4.41. The van der Waals surface area contributed by atoms with Crippen molar-refractivity contribution in [3.63, 3.8) is 0 Å². The molecular formula is C13H20N2O3. The number of hydrazine groups is 1. The molecule has 0 radical (unpaired) electrons. The zero-order valence-electron chi connectivity index (χ0n) is 10.8. The molecule has 1 aromatic rings. The summed E-state index contributed by atoms with van der Waals surface area (Å²) in [5.74, 6) is 7.07. The Morgan fingerprint density at radius 3 is 2.78 bits per heavy atom. The minimum Gasteiger partial charge on any atom is -0.486 e. The van der Waals surface area contributed by atoms with Crippen LogP contribution >= 0.6 is 0 Å². The fourth-order valence-corrected chi connectivity index (χ4v) is 1.79. The quantitative estimate of drug-likeness (QED) is 0.606. The Hall–Kier alpha value is -1.30. The van der Waals surface area contributed by atoms with Crippen molar-refractivity contribution in [1.82, 2.24) is 5.43 Å². The summed E-state index contributed by atoms with van der Waals surface area (Å²) in [6.07, 6.45) is 0.0151. The summed E-state index contributed by atoms with van der Waals surface area (Å²) in [6.45, 7) is 4.93. The lowest BCUT2D eigenvalue weighted by atomic mass is 10.1. The van der Waals surface area contributed by atoms with E-state index in [0.29, 0.717) is 13.2 Å². The van der Waals surface area contributed by atoms with Crippen LogP contribution in [0, 0.1) is 0 Å². The molecule has 1 aromatic carbocycles. The summed E-state index contributed by atoms with van der Waals surface area (Å²) in [7, 11) is 0. The highest BCUT2D eigenvalue weighted by Crippen LogP contribution is 2.31. The number of benzene rings is 1. The number of para-hydroxylation sites is 2. The minimum atomic E-state index is -0.149. The second-order valence-electron chi connectivity index (χ2n) is 4.57. The van der Waals surface area contributed by atoms with E-state index in [1.54, 1.807) is 0 Å². The van der Waals surface area contributed by atoms with Gasteiger partial charge in [-0.05, 0) is 26.0 Å². The van der Waals surface area contributed by atoms with Crippen LogP contribution in [0.5, 0.6) is 11.5 Å². The standard InChI is InChI=1S/C13H20N2O3/c1-9(2)16-7-10(15-14)13-8-17-11-5-3-4-6-12(11)18-13/h3-6,9-10,13,15H,7-8,14H2,1-2H3. The van der Waals surface area contributed by atoms with E-state index >= 15 is 0 Å². The van der Waals surface area contributed by atoms with E-state index in [-0.39, 0.29) is 18.2 Å². The van der Waals surface area contributed by atoms with Crippen molar-refractivity contribution in [2.45, 2.75) is 32.1 Å². The van der Waals surface area contributed by atoms with E-state index < -0.39 is 0 Å². The SMILES string of the molecule is CC(C)OCC(NN)C1COc2ccccc2O1. The van der Waals surface area contributed by atoms with Gasteiger partial charge in [0.25, 0.3) is 0 Å². The fourth-order valence-electron chi connectivity index (χ4n) is 1.79. The van der Waals surface area contributed by atoms with Crippen LogP contribution < -0.4 is 20.7 Å². The summed E-state index contributed by atoms with van der Waals surface area (Å²) < 4.78 is 17.1. The first kappa shape index (κ1) is 13.1. The van der Waals surface area contributed by atoms with E-state index in [0.717, 1.165) is 11.5 Å². The topological polar surface area (TPSA) is 65.7 Å². The van der Waals surface area contributed by atoms with E-state index in [2.05, 4.69) is 5.43 Å².